The molecule has 19 heavy (non-hydrogen) atoms. The number of carbonyl (C=O) groups excluding carboxylic acids is 2. The molecule has 0 aromatic heterocycles. The molecule has 0 atom stereocenters. The third-order valence-corrected chi connectivity index (χ3v) is 3.49. The van der Waals surface area contributed by atoms with Crippen molar-refractivity contribution in [3.8, 4) is 0 Å². The summed E-state index contributed by atoms with van der Waals surface area (Å²) in [5.74, 6) is 0.217. The van der Waals surface area contributed by atoms with Crippen molar-refractivity contribution in [1.29, 1.82) is 0 Å². The molecule has 0 N–H and O–H groups in total. The average Bonchev–Trinajstić information content (AvgIpc) is 2.61. The molecule has 1 aromatic rings. The zero-order valence-corrected chi connectivity index (χ0v) is 11.1. The first-order valence-electron chi connectivity index (χ1n) is 6.09. The van der Waals surface area contributed by atoms with Crippen LogP contribution in [0.1, 0.15) is 25.5 Å². The lowest BCUT2D eigenvalue weighted by Gasteiger charge is -2.15. The van der Waals surface area contributed by atoms with Crippen LogP contribution in [0.2, 0.25) is 0 Å². The molecule has 0 saturated heterocycles. The molecule has 1 aliphatic rings. The number of hydrogen-bond acceptors (Lipinski definition) is 2. The topological polar surface area (TPSA) is 40.6 Å². The molecular formula is C15H22N2O2. The molecule has 0 radical (unpaired) electrons. The lowest BCUT2D eigenvalue weighted by atomic mass is 10.1. The summed E-state index contributed by atoms with van der Waals surface area (Å²) in [6.07, 6.45) is 1.31. The second-order valence-corrected chi connectivity index (χ2v) is 4.78. The van der Waals surface area contributed by atoms with Crippen LogP contribution in [0.4, 0.5) is 5.69 Å². The van der Waals surface area contributed by atoms with Crippen molar-refractivity contribution in [2.24, 2.45) is 0 Å². The summed E-state index contributed by atoms with van der Waals surface area (Å²) >= 11 is 0. The lowest BCUT2D eigenvalue weighted by molar-refractivity contribution is -0.127. The molecule has 0 bridgehead atoms. The van der Waals surface area contributed by atoms with Crippen LogP contribution in [0.25, 0.3) is 0 Å². The van der Waals surface area contributed by atoms with Crippen LogP contribution >= 0.6 is 0 Å². The molecule has 2 rings (SSSR count). The van der Waals surface area contributed by atoms with Gasteiger partial charge in [-0.25, -0.2) is 0 Å². The Morgan fingerprint density at radius 1 is 1.42 bits per heavy atom. The smallest absolute Gasteiger partial charge is 0.231 e. The van der Waals surface area contributed by atoms with Crippen LogP contribution in [0.3, 0.4) is 0 Å². The van der Waals surface area contributed by atoms with Crippen molar-refractivity contribution in [3.05, 3.63) is 29.3 Å². The van der Waals surface area contributed by atoms with Gasteiger partial charge in [0.25, 0.3) is 0 Å². The molecule has 4 nitrogen and oxygen atoms in total. The highest BCUT2D eigenvalue weighted by Gasteiger charge is 2.23. The molecule has 1 aliphatic heterocycles. The SMILES string of the molecule is C.CC(=O)N(C)CCc1ccc2c(c1)CC(=O)N2C. The number of amides is 2. The lowest BCUT2D eigenvalue weighted by Crippen LogP contribution is -2.26. The van der Waals surface area contributed by atoms with Gasteiger partial charge in [0.2, 0.25) is 11.8 Å². The van der Waals surface area contributed by atoms with Gasteiger partial charge in [-0.3, -0.25) is 9.59 Å². The van der Waals surface area contributed by atoms with Crippen LogP contribution in [-0.4, -0.2) is 37.4 Å². The number of nitrogens with zero attached hydrogens (tertiary/aromatic N) is 2. The molecule has 2 amide bonds. The summed E-state index contributed by atoms with van der Waals surface area (Å²) in [5.41, 5.74) is 3.26. The van der Waals surface area contributed by atoms with Gasteiger partial charge in [0.05, 0.1) is 6.42 Å². The van der Waals surface area contributed by atoms with Crippen molar-refractivity contribution in [2.75, 3.05) is 25.5 Å². The van der Waals surface area contributed by atoms with Gasteiger partial charge < -0.3 is 9.80 Å². The maximum absolute atomic E-state index is 11.6. The van der Waals surface area contributed by atoms with Gasteiger partial charge in [-0.05, 0) is 23.6 Å². The minimum Gasteiger partial charge on any atom is -0.346 e. The Balaban J connectivity index is 0.00000180. The third kappa shape index (κ3) is 3.13. The quantitative estimate of drug-likeness (QED) is 0.834. The van der Waals surface area contributed by atoms with Gasteiger partial charge in [0.15, 0.2) is 0 Å². The first kappa shape index (κ1) is 15.2. The average molecular weight is 262 g/mol. The van der Waals surface area contributed by atoms with Crippen molar-refractivity contribution >= 4 is 17.5 Å². The number of rotatable bonds is 3. The Hall–Kier alpha value is -1.84. The highest BCUT2D eigenvalue weighted by molar-refractivity contribution is 6.00. The Morgan fingerprint density at radius 3 is 2.74 bits per heavy atom. The van der Waals surface area contributed by atoms with E-state index in [-0.39, 0.29) is 19.2 Å². The van der Waals surface area contributed by atoms with Crippen molar-refractivity contribution in [1.82, 2.24) is 4.90 Å². The molecular weight excluding hydrogens is 240 g/mol. The Labute approximate surface area is 115 Å². The zero-order chi connectivity index (χ0) is 13.3. The van der Waals surface area contributed by atoms with Crippen LogP contribution in [-0.2, 0) is 22.4 Å². The standard InChI is InChI=1S/C14H18N2O2.CH4/c1-10(17)15(2)7-6-11-4-5-13-12(8-11)9-14(18)16(13)3;/h4-5,8H,6-7,9H2,1-3H3;1H4. The molecule has 0 aliphatic carbocycles. The summed E-state index contributed by atoms with van der Waals surface area (Å²) in [5, 5.41) is 0. The number of hydrogen-bond donors (Lipinski definition) is 0. The van der Waals surface area contributed by atoms with Gasteiger partial charge in [0, 0.05) is 33.3 Å². The van der Waals surface area contributed by atoms with E-state index in [0.29, 0.717) is 13.0 Å². The minimum atomic E-state index is 0. The molecule has 0 unspecified atom stereocenters. The second-order valence-electron chi connectivity index (χ2n) is 4.78. The van der Waals surface area contributed by atoms with Crippen LogP contribution in [0, 0.1) is 0 Å². The predicted octanol–water partition coefficient (Wildman–Crippen LogP) is 1.86. The first-order valence-corrected chi connectivity index (χ1v) is 6.09. The van der Waals surface area contributed by atoms with Crippen molar-refractivity contribution in [3.63, 3.8) is 0 Å². The van der Waals surface area contributed by atoms with E-state index in [4.69, 9.17) is 0 Å². The third-order valence-electron chi connectivity index (χ3n) is 3.49. The fourth-order valence-corrected chi connectivity index (χ4v) is 2.13. The van der Waals surface area contributed by atoms with Gasteiger partial charge >= 0.3 is 0 Å². The summed E-state index contributed by atoms with van der Waals surface area (Å²) in [6.45, 7) is 2.27. The highest BCUT2D eigenvalue weighted by atomic mass is 16.2. The fraction of sp³-hybridized carbons (Fsp3) is 0.467. The maximum Gasteiger partial charge on any atom is 0.231 e. The van der Waals surface area contributed by atoms with E-state index in [9.17, 15) is 9.59 Å². The van der Waals surface area contributed by atoms with Gasteiger partial charge in [-0.2, -0.15) is 0 Å². The van der Waals surface area contributed by atoms with E-state index in [2.05, 4.69) is 6.07 Å². The van der Waals surface area contributed by atoms with E-state index >= 15 is 0 Å². The van der Waals surface area contributed by atoms with E-state index in [0.717, 1.165) is 17.7 Å². The summed E-state index contributed by atoms with van der Waals surface area (Å²) in [6, 6.07) is 6.09. The number of fused-ring (bicyclic) bond motifs is 1. The number of carbonyl (C=O) groups is 2. The van der Waals surface area contributed by atoms with Gasteiger partial charge in [-0.1, -0.05) is 19.6 Å². The van der Waals surface area contributed by atoms with Crippen LogP contribution in [0.15, 0.2) is 18.2 Å². The van der Waals surface area contributed by atoms with Crippen molar-refractivity contribution in [2.45, 2.75) is 27.2 Å². The first-order chi connectivity index (χ1) is 8.49. The molecule has 1 heterocycles. The molecule has 4 heteroatoms. The minimum absolute atomic E-state index is 0. The molecule has 0 spiro atoms. The molecule has 1 aromatic carbocycles. The monoisotopic (exact) mass is 262 g/mol. The summed E-state index contributed by atoms with van der Waals surface area (Å²) < 4.78 is 0. The summed E-state index contributed by atoms with van der Waals surface area (Å²) in [4.78, 5) is 26.1. The van der Waals surface area contributed by atoms with Crippen LogP contribution < -0.4 is 4.90 Å². The van der Waals surface area contributed by atoms with E-state index in [1.54, 1.807) is 30.8 Å². The highest BCUT2D eigenvalue weighted by Crippen LogP contribution is 2.28. The van der Waals surface area contributed by atoms with E-state index < -0.39 is 0 Å². The maximum atomic E-state index is 11.6. The number of benzene rings is 1. The largest absolute Gasteiger partial charge is 0.346 e. The van der Waals surface area contributed by atoms with Gasteiger partial charge in [0.1, 0.15) is 0 Å². The number of anilines is 1. The Bertz CT molecular complexity index is 497. The van der Waals surface area contributed by atoms with Crippen molar-refractivity contribution < 1.29 is 9.59 Å². The molecule has 0 saturated carbocycles. The van der Waals surface area contributed by atoms with Crippen LogP contribution in [0.5, 0.6) is 0 Å². The summed E-state index contributed by atoms with van der Waals surface area (Å²) in [7, 11) is 3.60. The zero-order valence-electron chi connectivity index (χ0n) is 11.1. The fourth-order valence-electron chi connectivity index (χ4n) is 2.13. The number of likely N-dealkylation sites (N-methyl/N-ethyl adjacent to an activating group) is 2. The normalized spacial score (nSPS) is 13.0. The van der Waals surface area contributed by atoms with E-state index in [1.165, 1.54) is 5.56 Å². The van der Waals surface area contributed by atoms with Gasteiger partial charge in [-0.15, -0.1) is 0 Å². The Kier molecular flexibility index (Phi) is 4.70. The second kappa shape index (κ2) is 5.87. The predicted molar refractivity (Wildman–Crippen MR) is 77.3 cm³/mol. The van der Waals surface area contributed by atoms with E-state index in [1.807, 2.05) is 12.1 Å². The molecule has 0 fully saturated rings. The molecule has 104 valence electrons. The Morgan fingerprint density at radius 2 is 2.11 bits per heavy atom.